The third kappa shape index (κ3) is 5.43. The van der Waals surface area contributed by atoms with Crippen LogP contribution in [0, 0.1) is 17.7 Å². The Morgan fingerprint density at radius 1 is 1.00 bits per heavy atom. The van der Waals surface area contributed by atoms with Gasteiger partial charge in [0.1, 0.15) is 5.82 Å². The Labute approximate surface area is 183 Å². The van der Waals surface area contributed by atoms with Crippen LogP contribution in [0.5, 0.6) is 0 Å². The maximum atomic E-state index is 13.1. The molecule has 0 aliphatic carbocycles. The maximum Gasteiger partial charge on any atom is 0.229 e. The first kappa shape index (κ1) is 21.3. The van der Waals surface area contributed by atoms with E-state index < -0.39 is 0 Å². The van der Waals surface area contributed by atoms with Crippen molar-refractivity contribution in [2.24, 2.45) is 11.8 Å². The van der Waals surface area contributed by atoms with E-state index in [-0.39, 0.29) is 30.0 Å². The van der Waals surface area contributed by atoms with E-state index in [2.05, 4.69) is 29.3 Å². The van der Waals surface area contributed by atoms with E-state index in [0.717, 1.165) is 43.1 Å². The van der Waals surface area contributed by atoms with Gasteiger partial charge in [-0.05, 0) is 67.1 Å². The predicted octanol–water partition coefficient (Wildman–Crippen LogP) is 4.09. The fourth-order valence-electron chi connectivity index (χ4n) is 4.48. The number of anilines is 2. The Balaban J connectivity index is 1.31. The summed E-state index contributed by atoms with van der Waals surface area (Å²) in [6, 6.07) is 14.0. The number of carbonyl (C=O) groups is 2. The van der Waals surface area contributed by atoms with Crippen molar-refractivity contribution >= 4 is 23.2 Å². The molecular weight excluding hydrogens is 393 g/mol. The number of nitrogens with one attached hydrogen (secondary N) is 1. The predicted molar refractivity (Wildman–Crippen MR) is 120 cm³/mol. The van der Waals surface area contributed by atoms with Crippen LogP contribution in [0.3, 0.4) is 0 Å². The summed E-state index contributed by atoms with van der Waals surface area (Å²) in [6.07, 6.45) is 3.02. The molecule has 2 aromatic carbocycles. The van der Waals surface area contributed by atoms with E-state index in [4.69, 9.17) is 0 Å². The zero-order valence-electron chi connectivity index (χ0n) is 18.0. The Morgan fingerprint density at radius 2 is 1.74 bits per heavy atom. The van der Waals surface area contributed by atoms with Crippen molar-refractivity contribution in [2.75, 3.05) is 36.4 Å². The summed E-state index contributed by atoms with van der Waals surface area (Å²) in [7, 11) is 0. The highest BCUT2D eigenvalue weighted by atomic mass is 19.1. The van der Waals surface area contributed by atoms with E-state index in [0.29, 0.717) is 13.1 Å². The summed E-state index contributed by atoms with van der Waals surface area (Å²) in [5.41, 5.74) is 2.76. The second-order valence-electron chi connectivity index (χ2n) is 8.86. The van der Waals surface area contributed by atoms with Gasteiger partial charge in [-0.1, -0.05) is 19.1 Å². The van der Waals surface area contributed by atoms with Crippen molar-refractivity contribution in [3.63, 3.8) is 0 Å². The first-order valence-corrected chi connectivity index (χ1v) is 11.2. The number of benzene rings is 2. The molecule has 2 saturated heterocycles. The van der Waals surface area contributed by atoms with Gasteiger partial charge in [0.2, 0.25) is 11.8 Å². The zero-order chi connectivity index (χ0) is 21.8. The lowest BCUT2D eigenvalue weighted by atomic mass is 9.96. The highest BCUT2D eigenvalue weighted by Crippen LogP contribution is 2.25. The van der Waals surface area contributed by atoms with Gasteiger partial charge in [0, 0.05) is 37.6 Å². The highest BCUT2D eigenvalue weighted by Gasteiger charge is 2.28. The molecule has 1 N–H and O–H groups in total. The molecule has 2 heterocycles. The summed E-state index contributed by atoms with van der Waals surface area (Å²) in [5, 5.41) is 3.02. The summed E-state index contributed by atoms with van der Waals surface area (Å²) >= 11 is 0. The molecule has 2 aliphatic heterocycles. The molecule has 2 unspecified atom stereocenters. The molecule has 0 spiro atoms. The molecule has 0 bridgehead atoms. The number of halogens is 1. The molecule has 2 fully saturated rings. The number of carbonyl (C=O) groups excluding carboxylic acids is 2. The summed E-state index contributed by atoms with van der Waals surface area (Å²) in [5.74, 6) is 0.133. The van der Waals surface area contributed by atoms with Gasteiger partial charge in [0.15, 0.2) is 0 Å². The van der Waals surface area contributed by atoms with Gasteiger partial charge in [0.25, 0.3) is 0 Å². The molecule has 2 amide bonds. The van der Waals surface area contributed by atoms with Crippen LogP contribution in [0.15, 0.2) is 48.5 Å². The molecule has 31 heavy (non-hydrogen) atoms. The first-order valence-electron chi connectivity index (χ1n) is 11.2. The molecule has 164 valence electrons. The van der Waals surface area contributed by atoms with E-state index >= 15 is 0 Å². The lowest BCUT2D eigenvalue weighted by Gasteiger charge is -2.32. The quantitative estimate of drug-likeness (QED) is 0.788. The number of hydrogen-bond acceptors (Lipinski definition) is 3. The van der Waals surface area contributed by atoms with Crippen LogP contribution in [0.2, 0.25) is 0 Å². The van der Waals surface area contributed by atoms with E-state index in [1.54, 1.807) is 17.0 Å². The first-order chi connectivity index (χ1) is 15.0. The molecule has 2 aromatic rings. The standard InChI is InChI=1S/C25H30FN3O2/c1-18-12-14-28(16-18)23-10-8-22(9-11-23)27-25(31)20-3-2-13-29(17-20)24(30)15-19-4-6-21(26)7-5-19/h4-11,18,20H,2-3,12-17H2,1H3,(H,27,31). The number of hydrogen-bond donors (Lipinski definition) is 1. The smallest absolute Gasteiger partial charge is 0.229 e. The number of likely N-dealkylation sites (tertiary alicyclic amines) is 1. The van der Waals surface area contributed by atoms with E-state index in [1.165, 1.54) is 24.2 Å². The van der Waals surface area contributed by atoms with Crippen LogP contribution >= 0.6 is 0 Å². The Hall–Kier alpha value is -2.89. The molecule has 4 rings (SSSR count). The Morgan fingerprint density at radius 3 is 2.42 bits per heavy atom. The van der Waals surface area contributed by atoms with Crippen LogP contribution in [-0.4, -0.2) is 42.9 Å². The van der Waals surface area contributed by atoms with Crippen molar-refractivity contribution in [1.82, 2.24) is 4.90 Å². The summed E-state index contributed by atoms with van der Waals surface area (Å²) in [6.45, 7) is 5.52. The van der Waals surface area contributed by atoms with Gasteiger partial charge >= 0.3 is 0 Å². The van der Waals surface area contributed by atoms with Crippen molar-refractivity contribution in [3.8, 4) is 0 Å². The van der Waals surface area contributed by atoms with E-state index in [9.17, 15) is 14.0 Å². The fraction of sp³-hybridized carbons (Fsp3) is 0.440. The summed E-state index contributed by atoms with van der Waals surface area (Å²) < 4.78 is 13.1. The van der Waals surface area contributed by atoms with Crippen molar-refractivity contribution in [2.45, 2.75) is 32.6 Å². The van der Waals surface area contributed by atoms with Crippen molar-refractivity contribution in [1.29, 1.82) is 0 Å². The number of rotatable bonds is 5. The lowest BCUT2D eigenvalue weighted by molar-refractivity contribution is -0.133. The maximum absolute atomic E-state index is 13.1. The largest absolute Gasteiger partial charge is 0.371 e. The topological polar surface area (TPSA) is 52.7 Å². The van der Waals surface area contributed by atoms with Crippen LogP contribution in [0.25, 0.3) is 0 Å². The minimum absolute atomic E-state index is 0.0201. The molecule has 6 heteroatoms. The van der Waals surface area contributed by atoms with Crippen molar-refractivity contribution in [3.05, 3.63) is 59.9 Å². The second kappa shape index (κ2) is 9.50. The monoisotopic (exact) mass is 423 g/mol. The van der Waals surface area contributed by atoms with Crippen LogP contribution in [0.4, 0.5) is 15.8 Å². The van der Waals surface area contributed by atoms with Gasteiger partial charge < -0.3 is 15.1 Å². The number of nitrogens with zero attached hydrogens (tertiary/aromatic N) is 2. The molecule has 0 radical (unpaired) electrons. The Kier molecular flexibility index (Phi) is 6.54. The van der Waals surface area contributed by atoms with Crippen LogP contribution in [0.1, 0.15) is 31.7 Å². The molecule has 2 atom stereocenters. The zero-order valence-corrected chi connectivity index (χ0v) is 18.0. The third-order valence-electron chi connectivity index (χ3n) is 6.34. The van der Waals surface area contributed by atoms with Crippen molar-refractivity contribution < 1.29 is 14.0 Å². The van der Waals surface area contributed by atoms with Gasteiger partial charge in [-0.2, -0.15) is 0 Å². The minimum atomic E-state index is -0.311. The van der Waals surface area contributed by atoms with Gasteiger partial charge in [-0.15, -0.1) is 0 Å². The molecule has 5 nitrogen and oxygen atoms in total. The Bertz CT molecular complexity index is 913. The second-order valence-corrected chi connectivity index (χ2v) is 8.86. The minimum Gasteiger partial charge on any atom is -0.371 e. The number of piperidine rings is 1. The van der Waals surface area contributed by atoms with Gasteiger partial charge in [-0.3, -0.25) is 9.59 Å². The third-order valence-corrected chi connectivity index (χ3v) is 6.34. The SMILES string of the molecule is CC1CCN(c2ccc(NC(=O)C3CCCN(C(=O)Cc4ccc(F)cc4)C3)cc2)C1. The molecule has 2 aliphatic rings. The van der Waals surface area contributed by atoms with Crippen LogP contribution in [-0.2, 0) is 16.0 Å². The number of amides is 2. The lowest BCUT2D eigenvalue weighted by Crippen LogP contribution is -2.44. The highest BCUT2D eigenvalue weighted by molar-refractivity contribution is 5.93. The molecule has 0 saturated carbocycles. The normalized spacial score (nSPS) is 21.2. The van der Waals surface area contributed by atoms with Crippen LogP contribution < -0.4 is 10.2 Å². The fourth-order valence-corrected chi connectivity index (χ4v) is 4.48. The average molecular weight is 424 g/mol. The van der Waals surface area contributed by atoms with Gasteiger partial charge in [0.05, 0.1) is 12.3 Å². The van der Waals surface area contributed by atoms with Gasteiger partial charge in [-0.25, -0.2) is 4.39 Å². The molecular formula is C25H30FN3O2. The van der Waals surface area contributed by atoms with E-state index in [1.807, 2.05) is 12.1 Å². The molecule has 0 aromatic heterocycles. The average Bonchev–Trinajstić information content (AvgIpc) is 3.22. The summed E-state index contributed by atoms with van der Waals surface area (Å²) in [4.78, 5) is 29.6.